The fourth-order valence-electron chi connectivity index (χ4n) is 1.30. The number of nitrogens with one attached hydrogen (secondary N) is 2. The van der Waals surface area contributed by atoms with Gasteiger partial charge in [0, 0.05) is 0 Å². The van der Waals surface area contributed by atoms with Crippen molar-refractivity contribution in [2.45, 2.75) is 4.90 Å². The quantitative estimate of drug-likeness (QED) is 0.750. The average molecular weight is 263 g/mol. The lowest BCUT2D eigenvalue weighted by molar-refractivity contribution is 0.601. The van der Waals surface area contributed by atoms with Gasteiger partial charge in [-0.15, -0.1) is 0 Å². The molecule has 1 heterocycles. The van der Waals surface area contributed by atoms with E-state index < -0.39 is 10.0 Å². The number of anilines is 2. The molecule has 1 aromatic heterocycles. The third kappa shape index (κ3) is 2.26. The summed E-state index contributed by atoms with van der Waals surface area (Å²) in [5, 5.41) is 14.8. The van der Waals surface area contributed by atoms with Crippen molar-refractivity contribution in [3.05, 3.63) is 36.0 Å². The molecule has 0 saturated carbocycles. The minimum atomic E-state index is -3.79. The molecule has 4 N–H and O–H groups in total. The number of sulfonamides is 1. The minimum absolute atomic E-state index is 0.0180. The number of aromatic amines is 1. The van der Waals surface area contributed by atoms with Crippen molar-refractivity contribution in [1.82, 2.24) is 10.2 Å². The maximum atomic E-state index is 12.0. The normalized spacial score (nSPS) is 10.8. The van der Waals surface area contributed by atoms with E-state index in [9.17, 15) is 8.42 Å². The van der Waals surface area contributed by atoms with E-state index in [0.717, 1.165) is 0 Å². The Morgan fingerprint density at radius 3 is 2.83 bits per heavy atom. The van der Waals surface area contributed by atoms with Gasteiger partial charge in [0.2, 0.25) is 0 Å². The molecule has 18 heavy (non-hydrogen) atoms. The Labute approximate surface area is 103 Å². The van der Waals surface area contributed by atoms with Crippen LogP contribution in [-0.4, -0.2) is 18.6 Å². The van der Waals surface area contributed by atoms with Crippen molar-refractivity contribution in [3.8, 4) is 6.07 Å². The van der Waals surface area contributed by atoms with Crippen LogP contribution in [0.2, 0.25) is 0 Å². The molecule has 0 aliphatic heterocycles. The van der Waals surface area contributed by atoms with E-state index in [1.165, 1.54) is 30.5 Å². The molecule has 0 radical (unpaired) electrons. The van der Waals surface area contributed by atoms with Gasteiger partial charge in [-0.3, -0.25) is 9.82 Å². The fraction of sp³-hybridized carbons (Fsp3) is 0. The monoisotopic (exact) mass is 263 g/mol. The van der Waals surface area contributed by atoms with Crippen LogP contribution in [0.5, 0.6) is 0 Å². The molecule has 2 rings (SSSR count). The zero-order valence-electron chi connectivity index (χ0n) is 9.08. The van der Waals surface area contributed by atoms with Gasteiger partial charge in [-0.05, 0) is 18.2 Å². The van der Waals surface area contributed by atoms with Gasteiger partial charge >= 0.3 is 0 Å². The van der Waals surface area contributed by atoms with Crippen LogP contribution in [0.15, 0.2) is 35.4 Å². The van der Waals surface area contributed by atoms with Crippen LogP contribution in [0.4, 0.5) is 11.5 Å². The van der Waals surface area contributed by atoms with E-state index in [0.29, 0.717) is 0 Å². The second kappa shape index (κ2) is 4.38. The molecule has 1 aromatic carbocycles. The number of rotatable bonds is 3. The molecule has 0 spiro atoms. The number of nitrogen functional groups attached to an aromatic ring is 1. The highest BCUT2D eigenvalue weighted by Gasteiger charge is 2.16. The summed E-state index contributed by atoms with van der Waals surface area (Å²) < 4.78 is 26.2. The molecular formula is C10H9N5O2S. The second-order valence-corrected chi connectivity index (χ2v) is 5.13. The van der Waals surface area contributed by atoms with Crippen molar-refractivity contribution < 1.29 is 8.42 Å². The first-order valence-electron chi connectivity index (χ1n) is 4.85. The Balaban J connectivity index is 2.37. The van der Waals surface area contributed by atoms with Gasteiger partial charge in [0.1, 0.15) is 0 Å². The third-order valence-corrected chi connectivity index (χ3v) is 3.53. The zero-order chi connectivity index (χ0) is 13.2. The van der Waals surface area contributed by atoms with Gasteiger partial charge in [-0.2, -0.15) is 10.4 Å². The number of hydrogen-bond donors (Lipinski definition) is 3. The summed E-state index contributed by atoms with van der Waals surface area (Å²) in [4.78, 5) is -0.0180. The molecule has 0 saturated heterocycles. The van der Waals surface area contributed by atoms with Crippen LogP contribution >= 0.6 is 0 Å². The number of H-pyrrole nitrogens is 1. The van der Waals surface area contributed by atoms with E-state index in [4.69, 9.17) is 11.0 Å². The lowest BCUT2D eigenvalue weighted by atomic mass is 10.2. The van der Waals surface area contributed by atoms with Crippen LogP contribution in [-0.2, 0) is 10.0 Å². The molecule has 0 aliphatic carbocycles. The van der Waals surface area contributed by atoms with Crippen molar-refractivity contribution in [3.63, 3.8) is 0 Å². The highest BCUT2D eigenvalue weighted by molar-refractivity contribution is 7.92. The van der Waals surface area contributed by atoms with Gasteiger partial charge in [0.15, 0.2) is 5.82 Å². The predicted molar refractivity (Wildman–Crippen MR) is 65.0 cm³/mol. The standard InChI is InChI=1S/C10H9N5O2S/c11-5-7-2-1-3-8(4-7)18(16,17)15-10-9(12)6-13-14-10/h1-4,6H,12H2,(H2,13,14,15). The topological polar surface area (TPSA) is 125 Å². The molecular weight excluding hydrogens is 254 g/mol. The summed E-state index contributed by atoms with van der Waals surface area (Å²) in [6.45, 7) is 0. The largest absolute Gasteiger partial charge is 0.394 e. The number of aromatic nitrogens is 2. The zero-order valence-corrected chi connectivity index (χ0v) is 9.90. The summed E-state index contributed by atoms with van der Waals surface area (Å²) >= 11 is 0. The lowest BCUT2D eigenvalue weighted by Crippen LogP contribution is -2.14. The Hall–Kier alpha value is -2.53. The van der Waals surface area contributed by atoms with Gasteiger partial charge in [0.05, 0.1) is 28.4 Å². The van der Waals surface area contributed by atoms with Gasteiger partial charge < -0.3 is 5.73 Å². The number of nitriles is 1. The minimum Gasteiger partial charge on any atom is -0.394 e. The Bertz CT molecular complexity index is 714. The third-order valence-electron chi connectivity index (χ3n) is 2.18. The summed E-state index contributed by atoms with van der Waals surface area (Å²) in [7, 11) is -3.79. The molecule has 92 valence electrons. The summed E-state index contributed by atoms with van der Waals surface area (Å²) in [5.41, 5.74) is 5.96. The lowest BCUT2D eigenvalue weighted by Gasteiger charge is -2.06. The first kappa shape index (κ1) is 11.9. The number of hydrogen-bond acceptors (Lipinski definition) is 5. The van der Waals surface area contributed by atoms with E-state index in [2.05, 4.69) is 14.9 Å². The average Bonchev–Trinajstić information content (AvgIpc) is 2.74. The molecule has 8 heteroatoms. The highest BCUT2D eigenvalue weighted by atomic mass is 32.2. The van der Waals surface area contributed by atoms with Gasteiger partial charge in [0.25, 0.3) is 10.0 Å². The van der Waals surface area contributed by atoms with E-state index in [-0.39, 0.29) is 22.0 Å². The van der Waals surface area contributed by atoms with E-state index in [1.807, 2.05) is 6.07 Å². The first-order chi connectivity index (χ1) is 8.53. The highest BCUT2D eigenvalue weighted by Crippen LogP contribution is 2.19. The number of nitrogens with two attached hydrogens (primary N) is 1. The van der Waals surface area contributed by atoms with E-state index >= 15 is 0 Å². The summed E-state index contributed by atoms with van der Waals surface area (Å²) in [5.74, 6) is 0.0948. The SMILES string of the molecule is N#Cc1cccc(S(=O)(=O)Nc2[nH]ncc2N)c1. The summed E-state index contributed by atoms with van der Waals surface area (Å²) in [6.07, 6.45) is 1.30. The van der Waals surface area contributed by atoms with Crippen molar-refractivity contribution in [1.29, 1.82) is 5.26 Å². The van der Waals surface area contributed by atoms with Crippen LogP contribution < -0.4 is 10.5 Å². The van der Waals surface area contributed by atoms with Crippen LogP contribution in [0.25, 0.3) is 0 Å². The number of nitrogens with zero attached hydrogens (tertiary/aromatic N) is 2. The fourth-order valence-corrected chi connectivity index (χ4v) is 2.39. The van der Waals surface area contributed by atoms with Crippen LogP contribution in [0.1, 0.15) is 5.56 Å². The smallest absolute Gasteiger partial charge is 0.263 e. The maximum Gasteiger partial charge on any atom is 0.263 e. The molecule has 0 bridgehead atoms. The van der Waals surface area contributed by atoms with Gasteiger partial charge in [-0.25, -0.2) is 8.42 Å². The maximum absolute atomic E-state index is 12.0. The van der Waals surface area contributed by atoms with Crippen molar-refractivity contribution in [2.24, 2.45) is 0 Å². The van der Waals surface area contributed by atoms with Crippen LogP contribution in [0, 0.1) is 11.3 Å². The molecule has 7 nitrogen and oxygen atoms in total. The molecule has 0 atom stereocenters. The second-order valence-electron chi connectivity index (χ2n) is 3.45. The Kier molecular flexibility index (Phi) is 2.91. The molecule has 0 aliphatic rings. The molecule has 0 unspecified atom stereocenters. The Morgan fingerprint density at radius 1 is 1.44 bits per heavy atom. The van der Waals surface area contributed by atoms with Crippen molar-refractivity contribution >= 4 is 21.5 Å². The van der Waals surface area contributed by atoms with Gasteiger partial charge in [-0.1, -0.05) is 6.07 Å². The Morgan fingerprint density at radius 2 is 2.22 bits per heavy atom. The predicted octanol–water partition coefficient (Wildman–Crippen LogP) is 0.664. The molecule has 0 amide bonds. The van der Waals surface area contributed by atoms with E-state index in [1.54, 1.807) is 0 Å². The van der Waals surface area contributed by atoms with Crippen LogP contribution in [0.3, 0.4) is 0 Å². The van der Waals surface area contributed by atoms with Crippen molar-refractivity contribution in [2.75, 3.05) is 10.5 Å². The molecule has 0 fully saturated rings. The summed E-state index contributed by atoms with van der Waals surface area (Å²) in [6, 6.07) is 7.54. The molecule has 2 aromatic rings. The first-order valence-corrected chi connectivity index (χ1v) is 6.33. The number of benzene rings is 1.